The number of likely N-dealkylation sites (tertiary alicyclic amines) is 2. The fourth-order valence-electron chi connectivity index (χ4n) is 12.0. The molecule has 10 aromatic rings. The van der Waals surface area contributed by atoms with Crippen molar-refractivity contribution in [2.45, 2.75) is 175 Å². The molecule has 15 rings (SSSR count). The summed E-state index contributed by atoms with van der Waals surface area (Å²) < 4.78 is 44.1. The number of aryl methyl sites for hydroxylation is 3. The van der Waals surface area contributed by atoms with E-state index >= 15 is 0 Å². The molecule has 0 bridgehead atoms. The predicted molar refractivity (Wildman–Crippen MR) is 386 cm³/mol. The first-order valence-corrected chi connectivity index (χ1v) is 34.4. The Balaban J connectivity index is 0.000000124. The maximum atomic E-state index is 12.8. The van der Waals surface area contributed by atoms with Crippen molar-refractivity contribution in [3.8, 4) is 11.1 Å². The lowest BCUT2D eigenvalue weighted by Gasteiger charge is -2.32. The second-order valence-corrected chi connectivity index (χ2v) is 30.9. The van der Waals surface area contributed by atoms with Gasteiger partial charge in [-0.1, -0.05) is 22.0 Å². The fourth-order valence-corrected chi connectivity index (χ4v) is 12.8. The highest BCUT2D eigenvalue weighted by atomic mass is 79.9. The van der Waals surface area contributed by atoms with Crippen LogP contribution < -0.4 is 16.6 Å². The van der Waals surface area contributed by atoms with Crippen molar-refractivity contribution in [2.75, 3.05) is 40.3 Å². The first kappa shape index (κ1) is 70.0. The van der Waals surface area contributed by atoms with Gasteiger partial charge >= 0.3 is 21.1 Å². The van der Waals surface area contributed by atoms with Gasteiger partial charge in [-0.25, -0.2) is 9.97 Å². The highest BCUT2D eigenvalue weighted by Gasteiger charge is 2.64. The van der Waals surface area contributed by atoms with Crippen LogP contribution in [0.15, 0.2) is 129 Å². The zero-order valence-electron chi connectivity index (χ0n) is 57.9. The second kappa shape index (κ2) is 27.1. The van der Waals surface area contributed by atoms with E-state index in [1.54, 1.807) is 0 Å². The number of benzene rings is 2. The van der Waals surface area contributed by atoms with Gasteiger partial charge in [0.25, 0.3) is 11.1 Å². The van der Waals surface area contributed by atoms with E-state index in [9.17, 15) is 9.59 Å². The Morgan fingerprint density at radius 3 is 1.31 bits per heavy atom. The van der Waals surface area contributed by atoms with E-state index in [-0.39, 0.29) is 51.8 Å². The molecule has 0 aliphatic carbocycles. The van der Waals surface area contributed by atoms with Gasteiger partial charge in [0.05, 0.1) is 108 Å². The van der Waals surface area contributed by atoms with Gasteiger partial charge in [0.1, 0.15) is 11.6 Å². The zero-order chi connectivity index (χ0) is 68.3. The van der Waals surface area contributed by atoms with Gasteiger partial charge in [0, 0.05) is 69.0 Å². The molecule has 25 heteroatoms. The summed E-state index contributed by atoms with van der Waals surface area (Å²) in [6, 6.07) is 17.8. The maximum Gasteiger partial charge on any atom is 0.496 e. The number of piperidine rings is 2. The van der Waals surface area contributed by atoms with E-state index in [2.05, 4.69) is 140 Å². The fraction of sp³-hybridized carbons (Fsp3) is 0.471. The molecule has 8 aromatic heterocycles. The molecule has 0 amide bonds. The van der Waals surface area contributed by atoms with Crippen LogP contribution in [0.4, 0.5) is 0 Å². The van der Waals surface area contributed by atoms with Crippen molar-refractivity contribution >= 4 is 96.8 Å². The van der Waals surface area contributed by atoms with Gasteiger partial charge in [-0.05, 0) is 240 Å². The molecule has 0 unspecified atom stereocenters. The van der Waals surface area contributed by atoms with Crippen LogP contribution >= 0.6 is 31.9 Å². The van der Waals surface area contributed by atoms with Gasteiger partial charge in [-0.3, -0.25) is 24.5 Å². The highest BCUT2D eigenvalue weighted by Crippen LogP contribution is 2.43. The number of fused-ring (bicyclic) bond motifs is 5. The minimum atomic E-state index is -0.476. The van der Waals surface area contributed by atoms with Crippen molar-refractivity contribution < 1.29 is 27.9 Å². The van der Waals surface area contributed by atoms with Gasteiger partial charge in [-0.15, -0.1) is 0 Å². The van der Waals surface area contributed by atoms with Crippen LogP contribution in [0.2, 0.25) is 0 Å². The number of aromatic amines is 2. The van der Waals surface area contributed by atoms with Crippen molar-refractivity contribution in [2.24, 2.45) is 0 Å². The first-order chi connectivity index (χ1) is 44.6. The first-order valence-electron chi connectivity index (χ1n) is 32.8. The number of hydrogen-bond acceptors (Lipinski definition) is 15. The lowest BCUT2D eigenvalue weighted by molar-refractivity contribution is 0.00578. The lowest BCUT2D eigenvalue weighted by Crippen LogP contribution is -2.41. The smallest absolute Gasteiger partial charge is 0.405 e. The Labute approximate surface area is 574 Å². The van der Waals surface area contributed by atoms with E-state index < -0.39 is 14.0 Å². The van der Waals surface area contributed by atoms with Crippen LogP contribution in [0.25, 0.3) is 49.5 Å². The number of halogens is 2. The van der Waals surface area contributed by atoms with Crippen LogP contribution in [0.3, 0.4) is 0 Å². The van der Waals surface area contributed by atoms with Crippen LogP contribution in [-0.2, 0) is 27.9 Å². The summed E-state index contributed by atoms with van der Waals surface area (Å²) in [5.41, 5.74) is 8.69. The normalized spacial score (nSPS) is 19.9. The molecule has 2 aromatic carbocycles. The minimum absolute atomic E-state index is 0.0415. The molecule has 95 heavy (non-hydrogen) atoms. The number of aromatic nitrogens is 10. The number of hydrogen-bond donors (Lipinski definition) is 2. The van der Waals surface area contributed by atoms with E-state index in [1.165, 1.54) is 0 Å². The molecule has 20 nitrogen and oxygen atoms in total. The molecule has 0 radical (unpaired) electrons. The molecule has 0 saturated carbocycles. The third-order valence-electron chi connectivity index (χ3n) is 20.0. The lowest BCUT2D eigenvalue weighted by atomic mass is 9.49. The van der Waals surface area contributed by atoms with Crippen LogP contribution in [-0.4, -0.2) is 153 Å². The second-order valence-electron chi connectivity index (χ2n) is 29.0. The maximum absolute atomic E-state index is 12.8. The Morgan fingerprint density at radius 1 is 0.453 bits per heavy atom. The summed E-state index contributed by atoms with van der Waals surface area (Å²) in [7, 11) is 3.00. The molecule has 5 saturated heterocycles. The van der Waals surface area contributed by atoms with Crippen LogP contribution in [0.5, 0.6) is 0 Å². The molecule has 0 spiro atoms. The predicted octanol–water partition coefficient (Wildman–Crippen LogP) is 12.4. The summed E-state index contributed by atoms with van der Waals surface area (Å²) in [4.78, 5) is 57.8. The summed E-state index contributed by atoms with van der Waals surface area (Å²) in [5, 5.41) is 1.28. The molecular formula is C70H89B3Br2N12O8. The number of rotatable bonds is 5. The zero-order valence-corrected chi connectivity index (χ0v) is 61.1. The summed E-state index contributed by atoms with van der Waals surface area (Å²) in [5.74, 6) is 2.37. The molecule has 5 aliphatic rings. The van der Waals surface area contributed by atoms with E-state index in [1.807, 2.05) is 173 Å². The van der Waals surface area contributed by atoms with Crippen molar-refractivity contribution in [1.29, 1.82) is 0 Å². The molecule has 500 valence electrons. The molecule has 5 fully saturated rings. The van der Waals surface area contributed by atoms with E-state index in [0.29, 0.717) is 22.6 Å². The average molecular weight is 1420 g/mol. The quantitative estimate of drug-likeness (QED) is 0.154. The van der Waals surface area contributed by atoms with Crippen LogP contribution in [0, 0.1) is 20.8 Å². The summed E-state index contributed by atoms with van der Waals surface area (Å²) in [6.07, 6.45) is 21.9. The Hall–Kier alpha value is -6.38. The highest BCUT2D eigenvalue weighted by molar-refractivity contribution is 9.10. The molecule has 13 heterocycles. The topological polar surface area (TPSA) is 205 Å². The van der Waals surface area contributed by atoms with Gasteiger partial charge in [0.15, 0.2) is 0 Å². The number of nitrogens with zero attached hydrogens (tertiary/aromatic N) is 10. The Kier molecular flexibility index (Phi) is 20.0. The molecule has 5 aliphatic heterocycles. The summed E-state index contributed by atoms with van der Waals surface area (Å²) in [6.45, 7) is 34.6. The Morgan fingerprint density at radius 2 is 0.842 bits per heavy atom. The molecule has 0 atom stereocenters. The third-order valence-corrected chi connectivity index (χ3v) is 21.0. The van der Waals surface area contributed by atoms with E-state index in [0.717, 1.165) is 134 Å². The van der Waals surface area contributed by atoms with Crippen LogP contribution in [0.1, 0.15) is 149 Å². The molecule has 2 N–H and O–H groups in total. The minimum Gasteiger partial charge on any atom is -0.405 e. The van der Waals surface area contributed by atoms with Crippen molar-refractivity contribution in [1.82, 2.24) is 57.9 Å². The number of nitrogens with one attached hydrogen (secondary N) is 2. The standard InChI is InChI=1S/C22H23N5O.C14H19BN2O2.C14H16BrN3O.C12H24B2O4.C8H7BrN2/c1-14-12-27-13-17(9-18(27)11-23-14)16-3-4-20-19(10-16)22(28)25-21(24-20)15-5-7-26(2)8-6-15;1-10-8-17-9-11(6-12(17)7-16-10)15-18-13(2,3)14(4,5)19-15;1-18-6-4-9(5-7-18)13-16-12-3-2-10(15)8-11(12)14(19)17-13;1-9(2)10(3,4)16-13(15-9)14-17-11(5,6)12(7,8)18-14;1-6-4-11-5-7(9)2-8(11)3-10-6/h3-4,9-13,15H,5-8H2,1-2H3,(H,24,25,28);6-9H,1-5H3;2-3,8-9H,4-7H2,1H3,(H,16,17,19);1-8H3;2-5H,1H3. The summed E-state index contributed by atoms with van der Waals surface area (Å²) >= 11 is 6.78. The van der Waals surface area contributed by atoms with Crippen molar-refractivity contribution in [3.05, 3.63) is 169 Å². The largest absolute Gasteiger partial charge is 0.496 e. The average Bonchev–Trinajstić information content (AvgIpc) is 1.62. The molecular weight excluding hydrogens is 1330 g/mol. The van der Waals surface area contributed by atoms with Gasteiger partial charge in [0.2, 0.25) is 0 Å². The van der Waals surface area contributed by atoms with Gasteiger partial charge in [-0.2, -0.15) is 0 Å². The third kappa shape index (κ3) is 15.5. The van der Waals surface area contributed by atoms with E-state index in [4.69, 9.17) is 32.9 Å². The monoisotopic (exact) mass is 1420 g/mol. The Bertz CT molecular complexity index is 4470. The van der Waals surface area contributed by atoms with Gasteiger partial charge < -0.3 is 60.9 Å². The SMILES string of the molecule is CC1(C)OB(B2OC(C)(C)C(C)(C)O2)OC1(C)C.CN1CCC(c2nc3ccc(Br)cc3c(=O)[nH]2)CC1.Cc1cn2cc(-c3ccc4nc(C5CCN(C)CC5)[nH]c(=O)c4c3)cc2cn1.Cc1cn2cc(B3OC(C)(C)C(C)(C)O3)cc2cn1.Cc1cn2cc(Br)cc2cn1. The van der Waals surface area contributed by atoms with Crippen molar-refractivity contribution in [3.63, 3.8) is 0 Å². The number of H-pyrrole nitrogens is 2.